The van der Waals surface area contributed by atoms with Gasteiger partial charge in [-0.15, -0.1) is 0 Å². The largest absolute Gasteiger partial charge is 0.272 e. The molecule has 0 aromatic carbocycles. The van der Waals surface area contributed by atoms with Crippen LogP contribution in [0, 0.1) is 5.92 Å². The van der Waals surface area contributed by atoms with E-state index in [-0.39, 0.29) is 0 Å². The smallest absolute Gasteiger partial charge is 0.235 e. The number of aromatic nitrogens is 2. The van der Waals surface area contributed by atoms with Crippen LogP contribution >= 0.6 is 0 Å². The first-order valence-corrected chi connectivity index (χ1v) is 5.08. The molecule has 0 unspecified atom stereocenters. The standard InChI is InChI=1S/C11H17N3O/c1-9(2)7-14-6-5-10(13-14)11(3,4)12-8-15/h5-6,9H,7H2,1-4H3. The summed E-state index contributed by atoms with van der Waals surface area (Å²) in [5.74, 6) is 0.551. The minimum Gasteiger partial charge on any atom is -0.272 e. The Kier molecular flexibility index (Phi) is 3.43. The fraction of sp³-hybridized carbons (Fsp3) is 0.636. The monoisotopic (exact) mass is 207 g/mol. The van der Waals surface area contributed by atoms with Crippen molar-refractivity contribution in [3.8, 4) is 0 Å². The van der Waals surface area contributed by atoms with E-state index in [0.717, 1.165) is 12.2 Å². The first kappa shape index (κ1) is 11.7. The van der Waals surface area contributed by atoms with Crippen molar-refractivity contribution in [1.29, 1.82) is 0 Å². The van der Waals surface area contributed by atoms with Crippen LogP contribution in [0.3, 0.4) is 0 Å². The molecule has 0 N–H and O–H groups in total. The fourth-order valence-electron chi connectivity index (χ4n) is 1.34. The molecule has 0 fully saturated rings. The van der Waals surface area contributed by atoms with Crippen LogP contribution in [0.25, 0.3) is 0 Å². The van der Waals surface area contributed by atoms with Crippen molar-refractivity contribution in [2.45, 2.75) is 39.8 Å². The molecule has 15 heavy (non-hydrogen) atoms. The second-order valence-electron chi connectivity index (χ2n) is 4.58. The van der Waals surface area contributed by atoms with Crippen molar-refractivity contribution in [3.05, 3.63) is 18.0 Å². The number of isocyanates is 1. The fourth-order valence-corrected chi connectivity index (χ4v) is 1.34. The highest BCUT2D eigenvalue weighted by Crippen LogP contribution is 2.22. The lowest BCUT2D eigenvalue weighted by Crippen LogP contribution is -2.15. The molecule has 0 aliphatic heterocycles. The van der Waals surface area contributed by atoms with Gasteiger partial charge < -0.3 is 0 Å². The van der Waals surface area contributed by atoms with Gasteiger partial charge in [-0.3, -0.25) is 4.68 Å². The van der Waals surface area contributed by atoms with Crippen molar-refractivity contribution in [1.82, 2.24) is 9.78 Å². The van der Waals surface area contributed by atoms with Crippen LogP contribution in [0.1, 0.15) is 33.4 Å². The second-order valence-corrected chi connectivity index (χ2v) is 4.58. The van der Waals surface area contributed by atoms with Gasteiger partial charge in [0.1, 0.15) is 5.54 Å². The number of carbonyl (C=O) groups excluding carboxylic acids is 1. The summed E-state index contributed by atoms with van der Waals surface area (Å²) >= 11 is 0. The summed E-state index contributed by atoms with van der Waals surface area (Å²) in [7, 11) is 0. The molecule has 0 amide bonds. The molecule has 1 aromatic heterocycles. The van der Waals surface area contributed by atoms with E-state index in [1.165, 1.54) is 0 Å². The summed E-state index contributed by atoms with van der Waals surface area (Å²) in [6, 6.07) is 1.89. The van der Waals surface area contributed by atoms with Gasteiger partial charge in [0.15, 0.2) is 0 Å². The Morgan fingerprint density at radius 3 is 2.80 bits per heavy atom. The van der Waals surface area contributed by atoms with Crippen LogP contribution in [0.5, 0.6) is 0 Å². The molecule has 0 bridgehead atoms. The molecule has 4 nitrogen and oxygen atoms in total. The Bertz CT molecular complexity index is 373. The Balaban J connectivity index is 2.88. The third kappa shape index (κ3) is 3.03. The second kappa shape index (κ2) is 4.41. The number of aliphatic imine (C=N–C) groups is 1. The molecule has 1 rings (SSSR count). The molecule has 1 heterocycles. The predicted octanol–water partition coefficient (Wildman–Crippen LogP) is 2.11. The van der Waals surface area contributed by atoms with Gasteiger partial charge in [-0.05, 0) is 25.8 Å². The molecule has 1 aromatic rings. The lowest BCUT2D eigenvalue weighted by Gasteiger charge is -2.13. The molecule has 0 aliphatic rings. The van der Waals surface area contributed by atoms with Gasteiger partial charge in [-0.25, -0.2) is 4.79 Å². The zero-order valence-electron chi connectivity index (χ0n) is 9.69. The first-order chi connectivity index (χ1) is 6.95. The maximum atomic E-state index is 10.3. The van der Waals surface area contributed by atoms with Gasteiger partial charge in [0.2, 0.25) is 6.08 Å². The van der Waals surface area contributed by atoms with Crippen molar-refractivity contribution in [3.63, 3.8) is 0 Å². The molecular weight excluding hydrogens is 190 g/mol. The van der Waals surface area contributed by atoms with Crippen LogP contribution in [-0.2, 0) is 16.9 Å². The molecule has 0 saturated carbocycles. The Morgan fingerprint density at radius 1 is 1.60 bits per heavy atom. The van der Waals surface area contributed by atoms with E-state index < -0.39 is 5.54 Å². The van der Waals surface area contributed by atoms with Crippen LogP contribution in [0.2, 0.25) is 0 Å². The van der Waals surface area contributed by atoms with Gasteiger partial charge >= 0.3 is 0 Å². The SMILES string of the molecule is CC(C)Cn1ccc(C(C)(C)N=C=O)n1. The predicted molar refractivity (Wildman–Crippen MR) is 58.2 cm³/mol. The summed E-state index contributed by atoms with van der Waals surface area (Å²) in [5, 5.41) is 4.38. The molecule has 0 saturated heterocycles. The molecule has 4 heteroatoms. The summed E-state index contributed by atoms with van der Waals surface area (Å²) in [5.41, 5.74) is 0.218. The zero-order valence-corrected chi connectivity index (χ0v) is 9.69. The van der Waals surface area contributed by atoms with Crippen LogP contribution < -0.4 is 0 Å². The van der Waals surface area contributed by atoms with Crippen LogP contribution in [-0.4, -0.2) is 15.9 Å². The number of nitrogens with zero attached hydrogens (tertiary/aromatic N) is 3. The van der Waals surface area contributed by atoms with Gasteiger partial charge in [0.05, 0.1) is 5.69 Å². The van der Waals surface area contributed by atoms with E-state index in [0.29, 0.717) is 5.92 Å². The first-order valence-electron chi connectivity index (χ1n) is 5.08. The summed E-state index contributed by atoms with van der Waals surface area (Å²) in [6.45, 7) is 8.84. The average molecular weight is 207 g/mol. The van der Waals surface area contributed by atoms with Gasteiger partial charge in [0.25, 0.3) is 0 Å². The Labute approximate surface area is 90.0 Å². The van der Waals surface area contributed by atoms with E-state index in [1.54, 1.807) is 6.08 Å². The van der Waals surface area contributed by atoms with Crippen molar-refractivity contribution < 1.29 is 4.79 Å². The minimum absolute atomic E-state index is 0.551. The topological polar surface area (TPSA) is 47.2 Å². The summed E-state index contributed by atoms with van der Waals surface area (Å²) in [4.78, 5) is 14.0. The number of hydrogen-bond acceptors (Lipinski definition) is 3. The highest BCUT2D eigenvalue weighted by Gasteiger charge is 2.22. The normalized spacial score (nSPS) is 11.5. The highest BCUT2D eigenvalue weighted by molar-refractivity contribution is 5.35. The molecule has 0 aliphatic carbocycles. The van der Waals surface area contributed by atoms with Crippen LogP contribution in [0.15, 0.2) is 17.3 Å². The zero-order chi connectivity index (χ0) is 11.5. The van der Waals surface area contributed by atoms with Crippen LogP contribution in [0.4, 0.5) is 0 Å². The quantitative estimate of drug-likeness (QED) is 0.560. The Hall–Kier alpha value is -1.41. The minimum atomic E-state index is -0.579. The van der Waals surface area contributed by atoms with E-state index >= 15 is 0 Å². The lowest BCUT2D eigenvalue weighted by atomic mass is 10.0. The van der Waals surface area contributed by atoms with Gasteiger partial charge in [0, 0.05) is 12.7 Å². The molecule has 0 atom stereocenters. The highest BCUT2D eigenvalue weighted by atomic mass is 16.1. The van der Waals surface area contributed by atoms with E-state index in [9.17, 15) is 4.79 Å². The third-order valence-electron chi connectivity index (χ3n) is 2.14. The number of hydrogen-bond donors (Lipinski definition) is 0. The lowest BCUT2D eigenvalue weighted by molar-refractivity contribution is 0.458. The molecular formula is C11H17N3O. The van der Waals surface area contributed by atoms with Gasteiger partial charge in [-0.2, -0.15) is 10.1 Å². The Morgan fingerprint density at radius 2 is 2.27 bits per heavy atom. The van der Waals surface area contributed by atoms with E-state index in [2.05, 4.69) is 23.9 Å². The number of rotatable bonds is 4. The molecule has 0 radical (unpaired) electrons. The maximum Gasteiger partial charge on any atom is 0.235 e. The van der Waals surface area contributed by atoms with Gasteiger partial charge in [-0.1, -0.05) is 13.8 Å². The van der Waals surface area contributed by atoms with Crippen molar-refractivity contribution >= 4 is 6.08 Å². The summed E-state index contributed by atoms with van der Waals surface area (Å²) < 4.78 is 1.88. The summed E-state index contributed by atoms with van der Waals surface area (Å²) in [6.07, 6.45) is 3.50. The van der Waals surface area contributed by atoms with E-state index in [4.69, 9.17) is 0 Å². The van der Waals surface area contributed by atoms with Crippen molar-refractivity contribution in [2.75, 3.05) is 0 Å². The molecule has 82 valence electrons. The van der Waals surface area contributed by atoms with Crippen molar-refractivity contribution in [2.24, 2.45) is 10.9 Å². The average Bonchev–Trinajstić information content (AvgIpc) is 2.51. The maximum absolute atomic E-state index is 10.3. The van der Waals surface area contributed by atoms with E-state index in [1.807, 2.05) is 30.8 Å². The molecule has 0 spiro atoms. The third-order valence-corrected chi connectivity index (χ3v) is 2.14.